The van der Waals surface area contributed by atoms with Crippen molar-refractivity contribution < 1.29 is 9.53 Å². The SMILES string of the molecule is CCCc1nc2c(C)cc(C(=O)OC)cc2n1Cc1ccc(-c2ccccc2C#N)cc1. The van der Waals surface area contributed by atoms with Crippen molar-refractivity contribution in [2.75, 3.05) is 7.11 Å². The number of benzene rings is 3. The van der Waals surface area contributed by atoms with Crippen molar-refractivity contribution in [2.24, 2.45) is 0 Å². The fraction of sp³-hybridized carbons (Fsp3) is 0.222. The van der Waals surface area contributed by atoms with Gasteiger partial charge in [0.1, 0.15) is 5.82 Å². The molecule has 1 aromatic heterocycles. The molecular formula is C27H25N3O2. The number of imidazole rings is 1. The Labute approximate surface area is 187 Å². The number of carbonyl (C=O) groups excluding carboxylic acids is 1. The summed E-state index contributed by atoms with van der Waals surface area (Å²) in [6.07, 6.45) is 1.84. The molecule has 160 valence electrons. The number of fused-ring (bicyclic) bond motifs is 1. The van der Waals surface area contributed by atoms with Gasteiger partial charge in [0, 0.05) is 13.0 Å². The lowest BCUT2D eigenvalue weighted by molar-refractivity contribution is 0.0601. The molecule has 4 aromatic rings. The van der Waals surface area contributed by atoms with Crippen molar-refractivity contribution in [1.29, 1.82) is 5.26 Å². The molecule has 0 fully saturated rings. The van der Waals surface area contributed by atoms with E-state index in [-0.39, 0.29) is 5.97 Å². The second-order valence-corrected chi connectivity index (χ2v) is 7.87. The first-order valence-electron chi connectivity index (χ1n) is 10.7. The highest BCUT2D eigenvalue weighted by atomic mass is 16.5. The van der Waals surface area contributed by atoms with E-state index in [4.69, 9.17) is 9.72 Å². The molecule has 0 atom stereocenters. The average molecular weight is 424 g/mol. The van der Waals surface area contributed by atoms with Crippen LogP contribution in [0.15, 0.2) is 60.7 Å². The maximum Gasteiger partial charge on any atom is 0.337 e. The maximum absolute atomic E-state index is 12.2. The topological polar surface area (TPSA) is 67.9 Å². The van der Waals surface area contributed by atoms with Gasteiger partial charge in [-0.3, -0.25) is 0 Å². The monoisotopic (exact) mass is 423 g/mol. The van der Waals surface area contributed by atoms with Crippen molar-refractivity contribution in [3.63, 3.8) is 0 Å². The Balaban J connectivity index is 1.74. The van der Waals surface area contributed by atoms with Gasteiger partial charge in [-0.2, -0.15) is 5.26 Å². The van der Waals surface area contributed by atoms with Crippen LogP contribution in [0, 0.1) is 18.3 Å². The molecule has 0 saturated heterocycles. The molecule has 0 unspecified atom stereocenters. The van der Waals surface area contributed by atoms with Gasteiger partial charge in [0.25, 0.3) is 0 Å². The molecule has 0 spiro atoms. The molecule has 0 N–H and O–H groups in total. The van der Waals surface area contributed by atoms with Gasteiger partial charge in [-0.25, -0.2) is 9.78 Å². The molecule has 0 amide bonds. The Morgan fingerprint density at radius 2 is 1.88 bits per heavy atom. The number of ether oxygens (including phenoxy) is 1. The minimum atomic E-state index is -0.347. The quantitative estimate of drug-likeness (QED) is 0.375. The van der Waals surface area contributed by atoms with Crippen LogP contribution < -0.4 is 0 Å². The fourth-order valence-corrected chi connectivity index (χ4v) is 4.07. The largest absolute Gasteiger partial charge is 0.465 e. The Bertz CT molecular complexity index is 1330. The van der Waals surface area contributed by atoms with Crippen molar-refractivity contribution in [3.05, 3.63) is 88.7 Å². The van der Waals surface area contributed by atoms with Gasteiger partial charge in [0.15, 0.2) is 0 Å². The normalized spacial score (nSPS) is 10.8. The molecule has 4 rings (SSSR count). The minimum absolute atomic E-state index is 0.347. The van der Waals surface area contributed by atoms with Crippen LogP contribution in [0.25, 0.3) is 22.2 Å². The maximum atomic E-state index is 12.2. The first kappa shape index (κ1) is 21.3. The predicted molar refractivity (Wildman–Crippen MR) is 125 cm³/mol. The Hall–Kier alpha value is -3.91. The molecule has 1 heterocycles. The van der Waals surface area contributed by atoms with E-state index in [0.29, 0.717) is 17.7 Å². The lowest BCUT2D eigenvalue weighted by Gasteiger charge is -2.11. The van der Waals surface area contributed by atoms with Crippen LogP contribution in [0.2, 0.25) is 0 Å². The van der Waals surface area contributed by atoms with Crippen LogP contribution in [0.1, 0.15) is 46.2 Å². The number of aryl methyl sites for hydroxylation is 2. The summed E-state index contributed by atoms with van der Waals surface area (Å²) in [6, 6.07) is 21.9. The van der Waals surface area contributed by atoms with Crippen molar-refractivity contribution >= 4 is 17.0 Å². The highest BCUT2D eigenvalue weighted by Crippen LogP contribution is 2.27. The Morgan fingerprint density at radius 1 is 1.12 bits per heavy atom. The van der Waals surface area contributed by atoms with E-state index in [2.05, 4.69) is 41.8 Å². The molecule has 0 aliphatic carbocycles. The van der Waals surface area contributed by atoms with Crippen LogP contribution in [0.3, 0.4) is 0 Å². The molecule has 0 aliphatic rings. The van der Waals surface area contributed by atoms with Crippen LogP contribution in [0.4, 0.5) is 0 Å². The zero-order valence-electron chi connectivity index (χ0n) is 18.6. The lowest BCUT2D eigenvalue weighted by Crippen LogP contribution is -2.06. The number of nitrogens with zero attached hydrogens (tertiary/aromatic N) is 3. The summed E-state index contributed by atoms with van der Waals surface area (Å²) in [5.74, 6) is 0.659. The number of nitriles is 1. The van der Waals surface area contributed by atoms with Gasteiger partial charge in [0.05, 0.1) is 35.3 Å². The number of methoxy groups -OCH3 is 1. The van der Waals surface area contributed by atoms with Crippen LogP contribution in [0.5, 0.6) is 0 Å². The Morgan fingerprint density at radius 3 is 2.56 bits per heavy atom. The summed E-state index contributed by atoms with van der Waals surface area (Å²) in [5.41, 5.74) is 7.08. The first-order chi connectivity index (χ1) is 15.5. The molecule has 0 aliphatic heterocycles. The van der Waals surface area contributed by atoms with E-state index in [1.54, 1.807) is 0 Å². The summed E-state index contributed by atoms with van der Waals surface area (Å²) in [5, 5.41) is 9.40. The van der Waals surface area contributed by atoms with E-state index >= 15 is 0 Å². The molecule has 0 bridgehead atoms. The number of hydrogen-bond donors (Lipinski definition) is 0. The van der Waals surface area contributed by atoms with Crippen LogP contribution in [-0.2, 0) is 17.7 Å². The van der Waals surface area contributed by atoms with Gasteiger partial charge < -0.3 is 9.30 Å². The standard InChI is InChI=1S/C27H25N3O2/c1-4-7-25-29-26-18(2)14-22(27(31)32-3)15-24(26)30(25)17-19-10-12-20(13-11-19)23-9-6-5-8-21(23)16-28/h5-6,8-15H,4,7,17H2,1-3H3. The van der Waals surface area contributed by atoms with Gasteiger partial charge in [0.2, 0.25) is 0 Å². The minimum Gasteiger partial charge on any atom is -0.465 e. The summed E-state index contributed by atoms with van der Waals surface area (Å²) >= 11 is 0. The molecule has 32 heavy (non-hydrogen) atoms. The number of hydrogen-bond acceptors (Lipinski definition) is 4. The molecular weight excluding hydrogens is 398 g/mol. The van der Waals surface area contributed by atoms with Gasteiger partial charge >= 0.3 is 5.97 Å². The first-order valence-corrected chi connectivity index (χ1v) is 10.7. The summed E-state index contributed by atoms with van der Waals surface area (Å²) in [6.45, 7) is 4.76. The van der Waals surface area contributed by atoms with E-state index in [9.17, 15) is 10.1 Å². The zero-order valence-corrected chi connectivity index (χ0v) is 18.6. The molecule has 5 nitrogen and oxygen atoms in total. The van der Waals surface area contributed by atoms with Gasteiger partial charge in [-0.05, 0) is 53.8 Å². The third-order valence-electron chi connectivity index (χ3n) is 5.67. The van der Waals surface area contributed by atoms with E-state index in [1.807, 2.05) is 43.3 Å². The molecule has 0 radical (unpaired) electrons. The molecule has 3 aromatic carbocycles. The smallest absolute Gasteiger partial charge is 0.337 e. The predicted octanol–water partition coefficient (Wildman–Crippen LogP) is 5.67. The number of esters is 1. The summed E-state index contributed by atoms with van der Waals surface area (Å²) in [4.78, 5) is 17.0. The van der Waals surface area contributed by atoms with E-state index in [0.717, 1.165) is 52.0 Å². The number of carbonyl (C=O) groups is 1. The van der Waals surface area contributed by atoms with Crippen LogP contribution >= 0.6 is 0 Å². The molecule has 5 heteroatoms. The molecule has 0 saturated carbocycles. The van der Waals surface area contributed by atoms with Gasteiger partial charge in [-0.15, -0.1) is 0 Å². The zero-order chi connectivity index (χ0) is 22.7. The number of aromatic nitrogens is 2. The number of rotatable bonds is 6. The second kappa shape index (κ2) is 9.07. The fourth-order valence-electron chi connectivity index (χ4n) is 4.07. The van der Waals surface area contributed by atoms with Crippen molar-refractivity contribution in [3.8, 4) is 17.2 Å². The lowest BCUT2D eigenvalue weighted by atomic mass is 9.99. The third-order valence-corrected chi connectivity index (χ3v) is 5.67. The second-order valence-electron chi connectivity index (χ2n) is 7.87. The highest BCUT2D eigenvalue weighted by Gasteiger charge is 2.16. The summed E-state index contributed by atoms with van der Waals surface area (Å²) < 4.78 is 7.13. The third kappa shape index (κ3) is 4.00. The van der Waals surface area contributed by atoms with Crippen molar-refractivity contribution in [1.82, 2.24) is 9.55 Å². The van der Waals surface area contributed by atoms with E-state index < -0.39 is 0 Å². The average Bonchev–Trinajstić information content (AvgIpc) is 3.17. The highest BCUT2D eigenvalue weighted by molar-refractivity contribution is 5.95. The van der Waals surface area contributed by atoms with Gasteiger partial charge in [-0.1, -0.05) is 49.4 Å². The van der Waals surface area contributed by atoms with E-state index in [1.165, 1.54) is 7.11 Å². The summed E-state index contributed by atoms with van der Waals surface area (Å²) in [7, 11) is 1.40. The van der Waals surface area contributed by atoms with Crippen molar-refractivity contribution in [2.45, 2.75) is 33.2 Å². The Kier molecular flexibility index (Phi) is 6.04. The van der Waals surface area contributed by atoms with Crippen LogP contribution in [-0.4, -0.2) is 22.6 Å².